The summed E-state index contributed by atoms with van der Waals surface area (Å²) >= 11 is 0. The fourth-order valence-corrected chi connectivity index (χ4v) is 3.77. The first-order chi connectivity index (χ1) is 8.49. The maximum absolute atomic E-state index is 12.2. The van der Waals surface area contributed by atoms with Crippen LogP contribution in [0.15, 0.2) is 0 Å². The van der Waals surface area contributed by atoms with Gasteiger partial charge in [-0.2, -0.15) is 17.4 Å². The summed E-state index contributed by atoms with van der Waals surface area (Å²) in [7, 11) is -3.30. The van der Waals surface area contributed by atoms with E-state index in [2.05, 4.69) is 17.0 Å². The van der Waals surface area contributed by atoms with Gasteiger partial charge in [0.25, 0.3) is 10.2 Å². The molecule has 1 heterocycles. The molecular formula is C12H27N3O2S. The third kappa shape index (κ3) is 4.84. The lowest BCUT2D eigenvalue weighted by atomic mass is 10.00. The van der Waals surface area contributed by atoms with E-state index in [0.717, 1.165) is 32.4 Å². The Bertz CT molecular complexity index is 332. The molecule has 2 N–H and O–H groups in total. The van der Waals surface area contributed by atoms with Crippen LogP contribution >= 0.6 is 0 Å². The number of hydrogen-bond donors (Lipinski definition) is 2. The smallest absolute Gasteiger partial charge is 0.279 e. The van der Waals surface area contributed by atoms with E-state index in [0.29, 0.717) is 19.0 Å². The highest BCUT2D eigenvalue weighted by Crippen LogP contribution is 2.18. The van der Waals surface area contributed by atoms with E-state index >= 15 is 0 Å². The van der Waals surface area contributed by atoms with Crippen molar-refractivity contribution in [2.75, 3.05) is 26.2 Å². The summed E-state index contributed by atoms with van der Waals surface area (Å²) in [6.45, 7) is 9.09. The van der Waals surface area contributed by atoms with Gasteiger partial charge in [0.15, 0.2) is 0 Å². The summed E-state index contributed by atoms with van der Waals surface area (Å²) < 4.78 is 28.7. The summed E-state index contributed by atoms with van der Waals surface area (Å²) in [5, 5.41) is 3.30. The standard InChI is InChI=1S/C12H27N3O2S/c1-4-11(3)14-18(16,17)15-8-6-7-12(10-15)9-13-5-2/h11-14H,4-10H2,1-3H3. The monoisotopic (exact) mass is 277 g/mol. The van der Waals surface area contributed by atoms with Gasteiger partial charge in [-0.1, -0.05) is 13.8 Å². The SMILES string of the molecule is CCNCC1CCCN(S(=O)(=O)NC(C)CC)C1. The highest BCUT2D eigenvalue weighted by molar-refractivity contribution is 7.87. The Kier molecular flexibility index (Phi) is 6.55. The molecule has 108 valence electrons. The van der Waals surface area contributed by atoms with E-state index in [1.54, 1.807) is 4.31 Å². The van der Waals surface area contributed by atoms with E-state index in [9.17, 15) is 8.42 Å². The second-order valence-corrected chi connectivity index (χ2v) is 6.81. The normalized spacial score (nSPS) is 24.1. The van der Waals surface area contributed by atoms with Crippen LogP contribution < -0.4 is 10.0 Å². The second kappa shape index (κ2) is 7.43. The molecule has 0 saturated carbocycles. The van der Waals surface area contributed by atoms with Crippen LogP contribution in [0.2, 0.25) is 0 Å². The molecule has 0 aromatic carbocycles. The number of nitrogens with zero attached hydrogens (tertiary/aromatic N) is 1. The van der Waals surface area contributed by atoms with Gasteiger partial charge in [0.1, 0.15) is 0 Å². The molecule has 0 aliphatic carbocycles. The van der Waals surface area contributed by atoms with Crippen LogP contribution in [0.5, 0.6) is 0 Å². The Balaban J connectivity index is 2.54. The van der Waals surface area contributed by atoms with Crippen LogP contribution in [0.3, 0.4) is 0 Å². The molecule has 2 atom stereocenters. The molecule has 2 unspecified atom stereocenters. The molecule has 18 heavy (non-hydrogen) atoms. The third-order valence-electron chi connectivity index (χ3n) is 3.47. The predicted octanol–water partition coefficient (Wildman–Crippen LogP) is 0.941. The third-order valence-corrected chi connectivity index (χ3v) is 5.18. The van der Waals surface area contributed by atoms with Crippen molar-refractivity contribution in [3.05, 3.63) is 0 Å². The van der Waals surface area contributed by atoms with Gasteiger partial charge in [-0.25, -0.2) is 0 Å². The van der Waals surface area contributed by atoms with Crippen LogP contribution in [0.4, 0.5) is 0 Å². The van der Waals surface area contributed by atoms with Gasteiger partial charge in [-0.15, -0.1) is 0 Å². The molecule has 1 fully saturated rings. The van der Waals surface area contributed by atoms with E-state index < -0.39 is 10.2 Å². The molecular weight excluding hydrogens is 250 g/mol. The zero-order chi connectivity index (χ0) is 13.6. The van der Waals surface area contributed by atoms with E-state index in [1.165, 1.54) is 0 Å². The van der Waals surface area contributed by atoms with Crippen molar-refractivity contribution >= 4 is 10.2 Å². The van der Waals surface area contributed by atoms with Gasteiger partial charge in [-0.3, -0.25) is 0 Å². The summed E-state index contributed by atoms with van der Waals surface area (Å²) in [6, 6.07) is 0.00384. The van der Waals surface area contributed by atoms with Crippen LogP contribution in [-0.4, -0.2) is 44.9 Å². The average Bonchev–Trinajstić information content (AvgIpc) is 2.36. The van der Waals surface area contributed by atoms with Gasteiger partial charge in [0, 0.05) is 19.1 Å². The first kappa shape index (κ1) is 15.9. The Morgan fingerprint density at radius 2 is 2.11 bits per heavy atom. The summed E-state index contributed by atoms with van der Waals surface area (Å²) in [5.74, 6) is 0.437. The highest BCUT2D eigenvalue weighted by Gasteiger charge is 2.29. The van der Waals surface area contributed by atoms with Crippen molar-refractivity contribution < 1.29 is 8.42 Å². The first-order valence-electron chi connectivity index (χ1n) is 6.97. The maximum Gasteiger partial charge on any atom is 0.279 e. The molecule has 0 spiro atoms. The number of piperidine rings is 1. The molecule has 0 aromatic heterocycles. The quantitative estimate of drug-likeness (QED) is 0.728. The Hall–Kier alpha value is -0.170. The summed E-state index contributed by atoms with van der Waals surface area (Å²) in [5.41, 5.74) is 0. The largest absolute Gasteiger partial charge is 0.317 e. The van der Waals surface area contributed by atoms with Crippen molar-refractivity contribution in [3.8, 4) is 0 Å². The number of nitrogens with one attached hydrogen (secondary N) is 2. The van der Waals surface area contributed by atoms with Crippen molar-refractivity contribution in [2.24, 2.45) is 5.92 Å². The highest BCUT2D eigenvalue weighted by atomic mass is 32.2. The van der Waals surface area contributed by atoms with Gasteiger partial charge in [0.05, 0.1) is 0 Å². The molecule has 1 aliphatic heterocycles. The minimum absolute atomic E-state index is 0.00384. The Morgan fingerprint density at radius 1 is 1.39 bits per heavy atom. The van der Waals surface area contributed by atoms with Crippen LogP contribution in [0, 0.1) is 5.92 Å². The van der Waals surface area contributed by atoms with Gasteiger partial charge in [-0.05, 0) is 45.2 Å². The Labute approximate surface area is 112 Å². The van der Waals surface area contributed by atoms with Crippen molar-refractivity contribution in [1.82, 2.24) is 14.3 Å². The van der Waals surface area contributed by atoms with Crippen molar-refractivity contribution in [3.63, 3.8) is 0 Å². The number of rotatable bonds is 7. The van der Waals surface area contributed by atoms with E-state index in [1.807, 2.05) is 13.8 Å². The molecule has 0 amide bonds. The zero-order valence-electron chi connectivity index (χ0n) is 11.8. The van der Waals surface area contributed by atoms with Crippen LogP contribution in [0.25, 0.3) is 0 Å². The predicted molar refractivity (Wildman–Crippen MR) is 74.6 cm³/mol. The minimum Gasteiger partial charge on any atom is -0.317 e. The maximum atomic E-state index is 12.2. The molecule has 6 heteroatoms. The molecule has 0 aromatic rings. The Morgan fingerprint density at radius 3 is 2.72 bits per heavy atom. The van der Waals surface area contributed by atoms with E-state index in [4.69, 9.17) is 0 Å². The fraction of sp³-hybridized carbons (Fsp3) is 1.00. The molecule has 0 radical (unpaired) electrons. The minimum atomic E-state index is -3.30. The molecule has 1 aliphatic rings. The molecule has 0 bridgehead atoms. The van der Waals surface area contributed by atoms with Crippen molar-refractivity contribution in [2.45, 2.75) is 46.1 Å². The molecule has 1 saturated heterocycles. The first-order valence-corrected chi connectivity index (χ1v) is 8.41. The summed E-state index contributed by atoms with van der Waals surface area (Å²) in [4.78, 5) is 0. The molecule has 1 rings (SSSR count). The van der Waals surface area contributed by atoms with Crippen LogP contribution in [-0.2, 0) is 10.2 Å². The zero-order valence-corrected chi connectivity index (χ0v) is 12.6. The second-order valence-electron chi connectivity index (χ2n) is 5.11. The molecule has 5 nitrogen and oxygen atoms in total. The van der Waals surface area contributed by atoms with Crippen LogP contribution in [0.1, 0.15) is 40.0 Å². The van der Waals surface area contributed by atoms with Gasteiger partial charge in [0.2, 0.25) is 0 Å². The number of hydrogen-bond acceptors (Lipinski definition) is 3. The summed E-state index contributed by atoms with van der Waals surface area (Å²) in [6.07, 6.45) is 2.88. The van der Waals surface area contributed by atoms with Gasteiger partial charge >= 0.3 is 0 Å². The lowest BCUT2D eigenvalue weighted by molar-refractivity contribution is 0.257. The lowest BCUT2D eigenvalue weighted by Crippen LogP contribution is -2.49. The fourth-order valence-electron chi connectivity index (χ4n) is 2.17. The topological polar surface area (TPSA) is 61.4 Å². The lowest BCUT2D eigenvalue weighted by Gasteiger charge is -2.32. The van der Waals surface area contributed by atoms with E-state index in [-0.39, 0.29) is 6.04 Å². The average molecular weight is 277 g/mol. The van der Waals surface area contributed by atoms with Gasteiger partial charge < -0.3 is 5.32 Å². The van der Waals surface area contributed by atoms with Crippen molar-refractivity contribution in [1.29, 1.82) is 0 Å².